The lowest BCUT2D eigenvalue weighted by molar-refractivity contribution is 0.264. The Morgan fingerprint density at radius 3 is 2.55 bits per heavy atom. The summed E-state index contributed by atoms with van der Waals surface area (Å²) < 4.78 is 27.9. The van der Waals surface area contributed by atoms with Crippen molar-refractivity contribution >= 4 is 37.3 Å². The second kappa shape index (κ2) is 6.87. The third kappa shape index (κ3) is 4.04. The standard InChI is InChI=1S/C13H21BrN2O2S2/c1-10(2)15-9-11-5-7-16(8-6-11)20(17,18)13-4-3-12(14)19-13/h3-4,10-11,15H,5-9H2,1-2H3. The molecule has 1 aromatic rings. The molecule has 7 heteroatoms. The lowest BCUT2D eigenvalue weighted by atomic mass is 9.98. The molecule has 1 aliphatic rings. The van der Waals surface area contributed by atoms with Gasteiger partial charge >= 0.3 is 0 Å². The summed E-state index contributed by atoms with van der Waals surface area (Å²) >= 11 is 4.60. The average molecular weight is 381 g/mol. The zero-order chi connectivity index (χ0) is 14.8. The number of piperidine rings is 1. The van der Waals surface area contributed by atoms with Gasteiger partial charge < -0.3 is 5.32 Å². The van der Waals surface area contributed by atoms with Crippen molar-refractivity contribution in [1.82, 2.24) is 9.62 Å². The van der Waals surface area contributed by atoms with Gasteiger partial charge in [-0.25, -0.2) is 8.42 Å². The molecule has 1 N–H and O–H groups in total. The maximum atomic E-state index is 12.5. The molecule has 0 amide bonds. The van der Waals surface area contributed by atoms with Crippen LogP contribution in [0.3, 0.4) is 0 Å². The van der Waals surface area contributed by atoms with E-state index >= 15 is 0 Å². The van der Waals surface area contributed by atoms with Crippen molar-refractivity contribution < 1.29 is 8.42 Å². The van der Waals surface area contributed by atoms with Crippen LogP contribution in [0.1, 0.15) is 26.7 Å². The number of nitrogens with one attached hydrogen (secondary N) is 1. The van der Waals surface area contributed by atoms with Gasteiger partial charge in [-0.05, 0) is 53.4 Å². The van der Waals surface area contributed by atoms with Crippen molar-refractivity contribution in [2.75, 3.05) is 19.6 Å². The van der Waals surface area contributed by atoms with E-state index in [0.29, 0.717) is 29.3 Å². The fourth-order valence-corrected chi connectivity index (χ4v) is 5.95. The Morgan fingerprint density at radius 1 is 1.40 bits per heavy atom. The molecule has 1 aliphatic heterocycles. The van der Waals surface area contributed by atoms with Gasteiger partial charge in [0, 0.05) is 19.1 Å². The maximum absolute atomic E-state index is 12.5. The molecular weight excluding hydrogens is 360 g/mol. The molecule has 20 heavy (non-hydrogen) atoms. The summed E-state index contributed by atoms with van der Waals surface area (Å²) in [6, 6.07) is 3.95. The second-order valence-electron chi connectivity index (χ2n) is 5.47. The van der Waals surface area contributed by atoms with Crippen molar-refractivity contribution in [3.8, 4) is 0 Å². The minimum atomic E-state index is -3.29. The summed E-state index contributed by atoms with van der Waals surface area (Å²) in [6.07, 6.45) is 1.87. The number of thiophene rings is 1. The number of hydrogen-bond acceptors (Lipinski definition) is 4. The highest BCUT2D eigenvalue weighted by Crippen LogP contribution is 2.30. The van der Waals surface area contributed by atoms with Crippen molar-refractivity contribution in [2.24, 2.45) is 5.92 Å². The maximum Gasteiger partial charge on any atom is 0.252 e. The van der Waals surface area contributed by atoms with E-state index in [1.54, 1.807) is 16.4 Å². The predicted molar refractivity (Wildman–Crippen MR) is 86.6 cm³/mol. The van der Waals surface area contributed by atoms with Crippen LogP contribution in [-0.2, 0) is 10.0 Å². The fourth-order valence-electron chi connectivity index (χ4n) is 2.32. The topological polar surface area (TPSA) is 49.4 Å². The first-order chi connectivity index (χ1) is 9.39. The van der Waals surface area contributed by atoms with Gasteiger partial charge in [0.2, 0.25) is 0 Å². The predicted octanol–water partition coefficient (Wildman–Crippen LogP) is 2.91. The normalized spacial score (nSPS) is 18.8. The van der Waals surface area contributed by atoms with Crippen LogP contribution in [0, 0.1) is 5.92 Å². The van der Waals surface area contributed by atoms with Crippen LogP contribution in [0.4, 0.5) is 0 Å². The Kier molecular flexibility index (Phi) is 5.64. The Balaban J connectivity index is 1.93. The average Bonchev–Trinajstić information content (AvgIpc) is 2.84. The number of rotatable bonds is 5. The monoisotopic (exact) mass is 380 g/mol. The molecule has 1 aromatic heterocycles. The molecule has 0 saturated carbocycles. The van der Waals surface area contributed by atoms with Crippen molar-refractivity contribution in [3.63, 3.8) is 0 Å². The van der Waals surface area contributed by atoms with E-state index in [-0.39, 0.29) is 0 Å². The Bertz CT molecular complexity index is 534. The van der Waals surface area contributed by atoms with Gasteiger partial charge in [-0.1, -0.05) is 13.8 Å². The minimum Gasteiger partial charge on any atom is -0.314 e. The molecule has 0 aliphatic carbocycles. The molecule has 2 heterocycles. The van der Waals surface area contributed by atoms with Crippen molar-refractivity contribution in [2.45, 2.75) is 36.9 Å². The largest absolute Gasteiger partial charge is 0.314 e. The van der Waals surface area contributed by atoms with E-state index < -0.39 is 10.0 Å². The molecule has 2 rings (SSSR count). The zero-order valence-corrected chi connectivity index (χ0v) is 15.0. The number of hydrogen-bond donors (Lipinski definition) is 1. The number of halogens is 1. The Morgan fingerprint density at radius 2 is 2.05 bits per heavy atom. The number of nitrogens with zero attached hydrogens (tertiary/aromatic N) is 1. The molecule has 0 unspecified atom stereocenters. The lowest BCUT2D eigenvalue weighted by Crippen LogP contribution is -2.41. The summed E-state index contributed by atoms with van der Waals surface area (Å²) in [5.41, 5.74) is 0. The molecular formula is C13H21BrN2O2S2. The van der Waals surface area contributed by atoms with Crippen LogP contribution >= 0.6 is 27.3 Å². The highest BCUT2D eigenvalue weighted by Gasteiger charge is 2.30. The van der Waals surface area contributed by atoms with E-state index in [4.69, 9.17) is 0 Å². The molecule has 0 spiro atoms. The van der Waals surface area contributed by atoms with E-state index in [1.807, 2.05) is 0 Å². The van der Waals surface area contributed by atoms with Gasteiger partial charge in [0.25, 0.3) is 10.0 Å². The zero-order valence-electron chi connectivity index (χ0n) is 11.8. The van der Waals surface area contributed by atoms with Crippen LogP contribution < -0.4 is 5.32 Å². The van der Waals surface area contributed by atoms with Gasteiger partial charge in [0.15, 0.2) is 0 Å². The van der Waals surface area contributed by atoms with Gasteiger partial charge in [-0.3, -0.25) is 0 Å². The quantitative estimate of drug-likeness (QED) is 0.853. The summed E-state index contributed by atoms with van der Waals surface area (Å²) in [5, 5.41) is 3.43. The highest BCUT2D eigenvalue weighted by atomic mass is 79.9. The minimum absolute atomic E-state index is 0.433. The summed E-state index contributed by atoms with van der Waals surface area (Å²) in [5.74, 6) is 0.582. The first-order valence-electron chi connectivity index (χ1n) is 6.88. The molecule has 1 fully saturated rings. The summed E-state index contributed by atoms with van der Waals surface area (Å²) in [7, 11) is -3.29. The Hall–Kier alpha value is 0.0500. The lowest BCUT2D eigenvalue weighted by Gasteiger charge is -2.31. The summed E-state index contributed by atoms with van der Waals surface area (Å²) in [4.78, 5) is 0. The second-order valence-corrected chi connectivity index (χ2v) is 10.1. The van der Waals surface area contributed by atoms with Gasteiger partial charge in [-0.15, -0.1) is 11.3 Å². The van der Waals surface area contributed by atoms with E-state index in [0.717, 1.165) is 23.2 Å². The van der Waals surface area contributed by atoms with Crippen LogP contribution in [-0.4, -0.2) is 38.4 Å². The van der Waals surface area contributed by atoms with Crippen LogP contribution in [0.25, 0.3) is 0 Å². The molecule has 0 aromatic carbocycles. The molecule has 1 saturated heterocycles. The first-order valence-corrected chi connectivity index (χ1v) is 9.93. The summed E-state index contributed by atoms with van der Waals surface area (Å²) in [6.45, 7) is 6.50. The number of sulfonamides is 1. The first kappa shape index (κ1) is 16.4. The van der Waals surface area contributed by atoms with Gasteiger partial charge in [-0.2, -0.15) is 4.31 Å². The van der Waals surface area contributed by atoms with E-state index in [2.05, 4.69) is 35.1 Å². The SMILES string of the molecule is CC(C)NCC1CCN(S(=O)(=O)c2ccc(Br)s2)CC1. The van der Waals surface area contributed by atoms with Crippen molar-refractivity contribution in [1.29, 1.82) is 0 Å². The molecule has 0 radical (unpaired) electrons. The highest BCUT2D eigenvalue weighted by molar-refractivity contribution is 9.11. The van der Waals surface area contributed by atoms with Gasteiger partial charge in [0.05, 0.1) is 3.79 Å². The molecule has 114 valence electrons. The third-order valence-electron chi connectivity index (χ3n) is 3.53. The van der Waals surface area contributed by atoms with Crippen LogP contribution in [0.2, 0.25) is 0 Å². The Labute approximate surface area is 133 Å². The molecule has 4 nitrogen and oxygen atoms in total. The van der Waals surface area contributed by atoms with E-state index in [9.17, 15) is 8.42 Å². The fraction of sp³-hybridized carbons (Fsp3) is 0.692. The van der Waals surface area contributed by atoms with E-state index in [1.165, 1.54) is 11.3 Å². The molecule has 0 bridgehead atoms. The van der Waals surface area contributed by atoms with Crippen molar-refractivity contribution in [3.05, 3.63) is 15.9 Å². The smallest absolute Gasteiger partial charge is 0.252 e. The third-order valence-corrected chi connectivity index (χ3v) is 7.52. The molecule has 0 atom stereocenters. The van der Waals surface area contributed by atoms with Crippen LogP contribution in [0.15, 0.2) is 20.1 Å². The van der Waals surface area contributed by atoms with Crippen LogP contribution in [0.5, 0.6) is 0 Å². The van der Waals surface area contributed by atoms with Gasteiger partial charge in [0.1, 0.15) is 4.21 Å².